The predicted molar refractivity (Wildman–Crippen MR) is 23.9 cm³/mol. The molecule has 0 aliphatic carbocycles. The van der Waals surface area contributed by atoms with Gasteiger partial charge in [0.25, 0.3) is 0 Å². The SMILES string of the molecule is FC(F)OC(Cl)OC(F)(F)F. The van der Waals surface area contributed by atoms with Gasteiger partial charge in [0.2, 0.25) is 5.75 Å². The van der Waals surface area contributed by atoms with Gasteiger partial charge in [0.1, 0.15) is 0 Å². The van der Waals surface area contributed by atoms with Crippen molar-refractivity contribution in [1.29, 1.82) is 0 Å². The van der Waals surface area contributed by atoms with Crippen molar-refractivity contribution in [3.8, 4) is 0 Å². The van der Waals surface area contributed by atoms with Crippen LogP contribution < -0.4 is 0 Å². The van der Waals surface area contributed by atoms with Crippen LogP contribution in [-0.2, 0) is 9.47 Å². The smallest absolute Gasteiger partial charge is 0.278 e. The zero-order valence-corrected chi connectivity index (χ0v) is 5.49. The Kier molecular flexibility index (Phi) is 3.98. The zero-order valence-electron chi connectivity index (χ0n) is 4.74. The van der Waals surface area contributed by atoms with Gasteiger partial charge >= 0.3 is 13.0 Å². The molecule has 0 radical (unpaired) electrons. The van der Waals surface area contributed by atoms with Crippen LogP contribution in [0.25, 0.3) is 0 Å². The van der Waals surface area contributed by atoms with E-state index in [1.807, 2.05) is 0 Å². The first-order valence-electron chi connectivity index (χ1n) is 2.13. The van der Waals surface area contributed by atoms with Crippen LogP contribution in [0.1, 0.15) is 0 Å². The highest BCUT2D eigenvalue weighted by Crippen LogP contribution is 2.21. The molecule has 0 heterocycles. The first-order valence-corrected chi connectivity index (χ1v) is 2.57. The van der Waals surface area contributed by atoms with Gasteiger partial charge in [-0.1, -0.05) is 11.6 Å². The summed E-state index contributed by atoms with van der Waals surface area (Å²) in [6.45, 7) is -3.40. The number of alkyl halides is 6. The molecule has 0 aromatic carbocycles. The average molecular weight is 200 g/mol. The fourth-order valence-corrected chi connectivity index (χ4v) is 0.392. The molecule has 0 fully saturated rings. The number of hydrogen-bond acceptors (Lipinski definition) is 2. The van der Waals surface area contributed by atoms with Crippen LogP contribution in [0.5, 0.6) is 0 Å². The van der Waals surface area contributed by atoms with E-state index in [0.717, 1.165) is 0 Å². The number of hydrogen-bond donors (Lipinski definition) is 0. The van der Waals surface area contributed by atoms with Gasteiger partial charge in [-0.15, -0.1) is 13.2 Å². The molecule has 1 atom stereocenters. The molecule has 0 spiro atoms. The van der Waals surface area contributed by atoms with E-state index in [0.29, 0.717) is 0 Å². The Balaban J connectivity index is 3.61. The highest BCUT2D eigenvalue weighted by molar-refractivity contribution is 6.18. The summed E-state index contributed by atoms with van der Waals surface area (Å²) in [5.41, 5.74) is 0. The van der Waals surface area contributed by atoms with E-state index in [9.17, 15) is 22.0 Å². The summed E-state index contributed by atoms with van der Waals surface area (Å²) in [6.07, 6.45) is -5.08. The van der Waals surface area contributed by atoms with Crippen LogP contribution in [-0.4, -0.2) is 18.7 Å². The van der Waals surface area contributed by atoms with Crippen LogP contribution in [0.4, 0.5) is 22.0 Å². The van der Waals surface area contributed by atoms with Crippen molar-refractivity contribution in [2.45, 2.75) is 18.7 Å². The third kappa shape index (κ3) is 7.76. The Morgan fingerprint density at radius 3 is 1.91 bits per heavy atom. The molecule has 68 valence electrons. The molecule has 1 unspecified atom stereocenters. The van der Waals surface area contributed by atoms with Gasteiger partial charge in [0.15, 0.2) is 0 Å². The molecule has 0 saturated heterocycles. The average Bonchev–Trinajstić information content (AvgIpc) is 1.53. The lowest BCUT2D eigenvalue weighted by molar-refractivity contribution is -0.376. The molecule has 0 N–H and O–H groups in total. The molecular weight excluding hydrogens is 198 g/mol. The Labute approximate surface area is 62.8 Å². The summed E-state index contributed by atoms with van der Waals surface area (Å²) in [5.74, 6) is -2.52. The van der Waals surface area contributed by atoms with E-state index in [2.05, 4.69) is 21.1 Å². The second kappa shape index (κ2) is 4.03. The minimum atomic E-state index is -5.08. The second-order valence-electron chi connectivity index (χ2n) is 1.23. The lowest BCUT2D eigenvalue weighted by atomic mass is 11.2. The molecule has 0 saturated carbocycles. The third-order valence-electron chi connectivity index (χ3n) is 0.436. The highest BCUT2D eigenvalue weighted by Gasteiger charge is 2.34. The maximum Gasteiger partial charge on any atom is 0.525 e. The lowest BCUT2D eigenvalue weighted by Crippen LogP contribution is -2.23. The van der Waals surface area contributed by atoms with Crippen LogP contribution in [0.2, 0.25) is 0 Å². The van der Waals surface area contributed by atoms with E-state index < -0.39 is 18.7 Å². The highest BCUT2D eigenvalue weighted by atomic mass is 35.5. The summed E-state index contributed by atoms with van der Waals surface area (Å²) in [7, 11) is 0. The Hall–Kier alpha value is -0.140. The Morgan fingerprint density at radius 1 is 1.18 bits per heavy atom. The van der Waals surface area contributed by atoms with Crippen molar-refractivity contribution in [3.05, 3.63) is 0 Å². The molecule has 0 aromatic rings. The first kappa shape index (κ1) is 10.9. The maximum absolute atomic E-state index is 11.1. The van der Waals surface area contributed by atoms with Crippen molar-refractivity contribution < 1.29 is 31.4 Å². The molecule has 2 nitrogen and oxygen atoms in total. The second-order valence-corrected chi connectivity index (χ2v) is 1.59. The van der Waals surface area contributed by atoms with Crippen molar-refractivity contribution in [1.82, 2.24) is 0 Å². The van der Waals surface area contributed by atoms with Crippen molar-refractivity contribution >= 4 is 11.6 Å². The van der Waals surface area contributed by atoms with Crippen molar-refractivity contribution in [3.63, 3.8) is 0 Å². The van der Waals surface area contributed by atoms with Crippen molar-refractivity contribution in [2.75, 3.05) is 0 Å². The summed E-state index contributed by atoms with van der Waals surface area (Å²) < 4.78 is 61.5. The van der Waals surface area contributed by atoms with E-state index in [-0.39, 0.29) is 0 Å². The monoisotopic (exact) mass is 200 g/mol. The van der Waals surface area contributed by atoms with E-state index in [1.165, 1.54) is 0 Å². The minimum absolute atomic E-state index is 2.52. The molecule has 0 rings (SSSR count). The predicted octanol–water partition coefficient (Wildman–Crippen LogP) is 2.28. The van der Waals surface area contributed by atoms with E-state index in [1.54, 1.807) is 0 Å². The molecular formula is C3H2ClF5O2. The molecule has 11 heavy (non-hydrogen) atoms. The quantitative estimate of drug-likeness (QED) is 0.395. The molecule has 0 bridgehead atoms. The molecule has 0 amide bonds. The Morgan fingerprint density at radius 2 is 1.64 bits per heavy atom. The molecule has 0 aliphatic heterocycles. The zero-order chi connectivity index (χ0) is 9.07. The maximum atomic E-state index is 11.1. The largest absolute Gasteiger partial charge is 0.525 e. The van der Waals surface area contributed by atoms with Gasteiger partial charge in [0.05, 0.1) is 0 Å². The summed E-state index contributed by atoms with van der Waals surface area (Å²) in [6, 6.07) is 0. The topological polar surface area (TPSA) is 18.5 Å². The summed E-state index contributed by atoms with van der Waals surface area (Å²) in [4.78, 5) is 0. The van der Waals surface area contributed by atoms with Gasteiger partial charge in [-0.2, -0.15) is 8.78 Å². The van der Waals surface area contributed by atoms with Gasteiger partial charge in [0, 0.05) is 0 Å². The first-order chi connectivity index (χ1) is 4.81. The molecule has 8 heteroatoms. The fourth-order valence-electron chi connectivity index (χ4n) is 0.214. The van der Waals surface area contributed by atoms with E-state index in [4.69, 9.17) is 0 Å². The normalized spacial score (nSPS) is 15.5. The summed E-state index contributed by atoms with van der Waals surface area (Å²) >= 11 is 4.52. The van der Waals surface area contributed by atoms with Crippen LogP contribution in [0.3, 0.4) is 0 Å². The van der Waals surface area contributed by atoms with Gasteiger partial charge in [-0.25, -0.2) is 4.74 Å². The van der Waals surface area contributed by atoms with Gasteiger partial charge in [-0.05, 0) is 0 Å². The third-order valence-corrected chi connectivity index (χ3v) is 0.628. The number of ether oxygens (including phenoxy) is 2. The number of halogens is 6. The van der Waals surface area contributed by atoms with Gasteiger partial charge in [-0.3, -0.25) is 4.74 Å². The van der Waals surface area contributed by atoms with Crippen LogP contribution >= 0.6 is 11.6 Å². The fraction of sp³-hybridized carbons (Fsp3) is 1.00. The summed E-state index contributed by atoms with van der Waals surface area (Å²) in [5, 5.41) is 0. The molecule has 0 aliphatic rings. The van der Waals surface area contributed by atoms with Crippen molar-refractivity contribution in [2.24, 2.45) is 0 Å². The van der Waals surface area contributed by atoms with Crippen LogP contribution in [0, 0.1) is 0 Å². The minimum Gasteiger partial charge on any atom is -0.278 e. The lowest BCUT2D eigenvalue weighted by Gasteiger charge is -2.12. The number of rotatable bonds is 3. The van der Waals surface area contributed by atoms with Crippen LogP contribution in [0.15, 0.2) is 0 Å². The van der Waals surface area contributed by atoms with Gasteiger partial charge < -0.3 is 0 Å². The molecule has 0 aromatic heterocycles. The van der Waals surface area contributed by atoms with E-state index >= 15 is 0 Å². The Bertz CT molecular complexity index is 115. The standard InChI is InChI=1S/C3H2ClF5O2/c4-1(10-2(5)6)11-3(7,8)9/h1-2H.